The van der Waals surface area contributed by atoms with Gasteiger partial charge in [0.15, 0.2) is 11.5 Å². The lowest BCUT2D eigenvalue weighted by atomic mass is 10.1. The molecule has 0 aromatic heterocycles. The Morgan fingerprint density at radius 2 is 1.94 bits per heavy atom. The van der Waals surface area contributed by atoms with Crippen LogP contribution in [0.3, 0.4) is 0 Å². The number of nitrogens with two attached hydrogens (primary N) is 1. The second kappa shape index (κ2) is 11.3. The Kier molecular flexibility index (Phi) is 7.95. The molecule has 1 saturated heterocycles. The van der Waals surface area contributed by atoms with Gasteiger partial charge in [-0.1, -0.05) is 6.07 Å². The summed E-state index contributed by atoms with van der Waals surface area (Å²) in [5.74, 6) is 1.01. The molecule has 2 aromatic carbocycles. The van der Waals surface area contributed by atoms with Crippen molar-refractivity contribution in [1.82, 2.24) is 21.3 Å². The van der Waals surface area contributed by atoms with Gasteiger partial charge >= 0.3 is 0 Å². The Morgan fingerprint density at radius 3 is 2.69 bits per heavy atom. The lowest BCUT2D eigenvalue weighted by Gasteiger charge is -2.35. The third kappa shape index (κ3) is 6.35. The molecule has 3 amide bonds. The predicted molar refractivity (Wildman–Crippen MR) is 129 cm³/mol. The van der Waals surface area contributed by atoms with Gasteiger partial charge in [0, 0.05) is 12.1 Å². The fourth-order valence-corrected chi connectivity index (χ4v) is 4.37. The monoisotopic (exact) mass is 501 g/mol. The van der Waals surface area contributed by atoms with E-state index in [1.807, 2.05) is 19.1 Å². The third-order valence-electron chi connectivity index (χ3n) is 5.28. The number of fused-ring (bicyclic) bond motifs is 1. The Balaban J connectivity index is 1.21. The van der Waals surface area contributed by atoms with Crippen molar-refractivity contribution in [3.63, 3.8) is 0 Å². The van der Waals surface area contributed by atoms with Gasteiger partial charge in [-0.15, -0.1) is 11.8 Å². The van der Waals surface area contributed by atoms with Gasteiger partial charge in [0.05, 0.1) is 18.5 Å². The third-order valence-corrected chi connectivity index (χ3v) is 6.30. The van der Waals surface area contributed by atoms with Crippen molar-refractivity contribution < 1.29 is 28.6 Å². The summed E-state index contributed by atoms with van der Waals surface area (Å²) < 4.78 is 16.0. The van der Waals surface area contributed by atoms with Crippen molar-refractivity contribution in [3.05, 3.63) is 53.6 Å². The zero-order valence-electron chi connectivity index (χ0n) is 19.0. The van der Waals surface area contributed by atoms with E-state index in [9.17, 15) is 14.4 Å². The number of carbonyl (C=O) groups is 3. The Morgan fingerprint density at radius 1 is 1.17 bits per heavy atom. The van der Waals surface area contributed by atoms with Gasteiger partial charge < -0.3 is 35.9 Å². The van der Waals surface area contributed by atoms with Gasteiger partial charge in [-0.2, -0.15) is 0 Å². The molecule has 0 bridgehead atoms. The molecule has 3 atom stereocenters. The molecule has 0 saturated carbocycles. The van der Waals surface area contributed by atoms with Crippen molar-refractivity contribution in [2.24, 2.45) is 5.73 Å². The normalized spacial score (nSPS) is 20.6. The van der Waals surface area contributed by atoms with Crippen LogP contribution in [0.1, 0.15) is 22.8 Å². The van der Waals surface area contributed by atoms with Gasteiger partial charge in [0.25, 0.3) is 5.91 Å². The molecule has 2 aliphatic rings. The molecule has 3 unspecified atom stereocenters. The first kappa shape index (κ1) is 24.6. The first-order chi connectivity index (χ1) is 16.9. The second-order valence-corrected chi connectivity index (χ2v) is 8.86. The molecule has 0 aliphatic carbocycles. The molecule has 2 aliphatic heterocycles. The van der Waals surface area contributed by atoms with E-state index in [2.05, 4.69) is 21.3 Å². The van der Waals surface area contributed by atoms with E-state index in [-0.39, 0.29) is 18.5 Å². The standard InChI is InChI=1S/C23H27N5O6S/c1-2-32-15-6-4-14(5-7-15)21(30)26-19-20(24)27-23(28-22(19)31)35-11-18(29)25-10-13-3-8-16-17(9-13)34-12-33-16/h3-9,19-20,23,27H,2,10-12,24H2,1H3,(H,25,29)(H,26,30)(H,28,31). The van der Waals surface area contributed by atoms with Gasteiger partial charge in [0.1, 0.15) is 17.3 Å². The molecule has 2 heterocycles. The predicted octanol–water partition coefficient (Wildman–Crippen LogP) is 0.250. The van der Waals surface area contributed by atoms with Gasteiger partial charge in [0.2, 0.25) is 18.6 Å². The van der Waals surface area contributed by atoms with Crippen LogP contribution in [0.4, 0.5) is 0 Å². The van der Waals surface area contributed by atoms with Crippen LogP contribution in [0.25, 0.3) is 0 Å². The summed E-state index contributed by atoms with van der Waals surface area (Å²) in [7, 11) is 0. The number of amides is 3. The Labute approximate surface area is 206 Å². The van der Waals surface area contributed by atoms with E-state index in [4.69, 9.17) is 19.9 Å². The van der Waals surface area contributed by atoms with E-state index in [1.54, 1.807) is 30.3 Å². The lowest BCUT2D eigenvalue weighted by molar-refractivity contribution is -0.126. The van der Waals surface area contributed by atoms with E-state index in [1.165, 1.54) is 11.8 Å². The van der Waals surface area contributed by atoms with Crippen LogP contribution in [0.5, 0.6) is 17.2 Å². The molecule has 0 spiro atoms. The van der Waals surface area contributed by atoms with Crippen LogP contribution in [-0.4, -0.2) is 54.6 Å². The number of nitrogens with one attached hydrogen (secondary N) is 4. The lowest BCUT2D eigenvalue weighted by Crippen LogP contribution is -2.70. The molecule has 1 fully saturated rings. The molecular formula is C23H27N5O6S. The van der Waals surface area contributed by atoms with Crippen molar-refractivity contribution in [2.75, 3.05) is 19.2 Å². The summed E-state index contributed by atoms with van der Waals surface area (Å²) in [5, 5.41) is 11.2. The van der Waals surface area contributed by atoms with Crippen molar-refractivity contribution in [2.45, 2.75) is 31.2 Å². The Hall–Kier alpha value is -3.48. The minimum atomic E-state index is -0.967. The molecule has 186 valence electrons. The maximum atomic E-state index is 12.6. The minimum absolute atomic E-state index is 0.0957. The molecule has 4 rings (SSSR count). The van der Waals surface area contributed by atoms with E-state index >= 15 is 0 Å². The van der Waals surface area contributed by atoms with Crippen LogP contribution in [0, 0.1) is 0 Å². The van der Waals surface area contributed by atoms with Crippen LogP contribution >= 0.6 is 11.8 Å². The van der Waals surface area contributed by atoms with E-state index < -0.39 is 29.5 Å². The molecule has 2 aromatic rings. The maximum Gasteiger partial charge on any atom is 0.252 e. The van der Waals surface area contributed by atoms with Gasteiger partial charge in [-0.05, 0) is 48.9 Å². The fourth-order valence-electron chi connectivity index (χ4n) is 3.50. The average Bonchev–Trinajstić information content (AvgIpc) is 3.32. The SMILES string of the molecule is CCOc1ccc(C(=O)NC2C(=O)NC(SCC(=O)NCc3ccc4c(c3)OCO4)NC2N)cc1. The fraction of sp³-hybridized carbons (Fsp3) is 0.348. The summed E-state index contributed by atoms with van der Waals surface area (Å²) in [6.07, 6.45) is -0.829. The Bertz CT molecular complexity index is 1080. The highest BCUT2D eigenvalue weighted by atomic mass is 32.2. The number of thioether (sulfide) groups is 1. The zero-order valence-corrected chi connectivity index (χ0v) is 19.9. The number of hydrogen-bond donors (Lipinski definition) is 5. The number of benzene rings is 2. The first-order valence-electron chi connectivity index (χ1n) is 11.1. The minimum Gasteiger partial charge on any atom is -0.494 e. The smallest absolute Gasteiger partial charge is 0.252 e. The summed E-state index contributed by atoms with van der Waals surface area (Å²) in [4.78, 5) is 37.4. The number of hydrogen-bond acceptors (Lipinski definition) is 9. The van der Waals surface area contributed by atoms with Crippen molar-refractivity contribution in [1.29, 1.82) is 0 Å². The van der Waals surface area contributed by atoms with Crippen molar-refractivity contribution >= 4 is 29.5 Å². The largest absolute Gasteiger partial charge is 0.494 e. The van der Waals surface area contributed by atoms with Crippen LogP contribution in [0.15, 0.2) is 42.5 Å². The number of rotatable bonds is 9. The van der Waals surface area contributed by atoms with Gasteiger partial charge in [-0.3, -0.25) is 19.7 Å². The zero-order chi connectivity index (χ0) is 24.8. The molecular weight excluding hydrogens is 474 g/mol. The maximum absolute atomic E-state index is 12.6. The second-order valence-electron chi connectivity index (χ2n) is 7.76. The summed E-state index contributed by atoms with van der Waals surface area (Å²) in [5.41, 5.74) is 6.77. The van der Waals surface area contributed by atoms with Gasteiger partial charge in [-0.25, -0.2) is 0 Å². The summed E-state index contributed by atoms with van der Waals surface area (Å²) in [6, 6.07) is 11.1. The molecule has 35 heavy (non-hydrogen) atoms. The average molecular weight is 502 g/mol. The number of ether oxygens (including phenoxy) is 3. The van der Waals surface area contributed by atoms with Crippen LogP contribution < -0.4 is 41.2 Å². The molecule has 0 radical (unpaired) electrons. The first-order valence-corrected chi connectivity index (χ1v) is 12.1. The topological polar surface area (TPSA) is 153 Å². The molecule has 11 nitrogen and oxygen atoms in total. The number of carbonyl (C=O) groups excluding carboxylic acids is 3. The highest BCUT2D eigenvalue weighted by Crippen LogP contribution is 2.32. The van der Waals surface area contributed by atoms with E-state index in [0.29, 0.717) is 36.0 Å². The summed E-state index contributed by atoms with van der Waals surface area (Å²) in [6.45, 7) is 2.92. The quantitative estimate of drug-likeness (QED) is 0.325. The highest BCUT2D eigenvalue weighted by molar-refractivity contribution is 8.00. The molecule has 12 heteroatoms. The van der Waals surface area contributed by atoms with Crippen LogP contribution in [0.2, 0.25) is 0 Å². The van der Waals surface area contributed by atoms with E-state index in [0.717, 1.165) is 5.56 Å². The van der Waals surface area contributed by atoms with Crippen LogP contribution in [-0.2, 0) is 16.1 Å². The van der Waals surface area contributed by atoms with Crippen molar-refractivity contribution in [3.8, 4) is 17.2 Å². The summed E-state index contributed by atoms with van der Waals surface area (Å²) >= 11 is 1.19. The highest BCUT2D eigenvalue weighted by Gasteiger charge is 2.35. The molecule has 6 N–H and O–H groups in total.